The lowest BCUT2D eigenvalue weighted by atomic mass is 10.1. The van der Waals surface area contributed by atoms with Crippen molar-refractivity contribution in [3.05, 3.63) is 63.6 Å². The van der Waals surface area contributed by atoms with E-state index in [0.717, 1.165) is 17.8 Å². The molecule has 1 unspecified atom stereocenters. The molecular weight excluding hydrogens is 303 g/mol. The van der Waals surface area contributed by atoms with Gasteiger partial charge in [0, 0.05) is 18.3 Å². The van der Waals surface area contributed by atoms with Gasteiger partial charge in [-0.2, -0.15) is 0 Å². The topological polar surface area (TPSA) is 15.3 Å². The zero-order chi connectivity index (χ0) is 15.4. The van der Waals surface area contributed by atoms with Crippen molar-refractivity contribution >= 4 is 28.9 Å². The van der Waals surface area contributed by atoms with Crippen LogP contribution < -0.4 is 5.32 Å². The molecular formula is C17H20Cl2N2. The zero-order valence-corrected chi connectivity index (χ0v) is 14.0. The van der Waals surface area contributed by atoms with Gasteiger partial charge in [0.25, 0.3) is 0 Å². The van der Waals surface area contributed by atoms with E-state index < -0.39 is 0 Å². The number of hydrogen-bond donors (Lipinski definition) is 1. The van der Waals surface area contributed by atoms with Gasteiger partial charge in [-0.1, -0.05) is 47.5 Å². The Balaban J connectivity index is 2.19. The van der Waals surface area contributed by atoms with E-state index in [1.165, 1.54) is 5.56 Å². The molecule has 1 N–H and O–H groups in total. The van der Waals surface area contributed by atoms with Crippen molar-refractivity contribution in [1.82, 2.24) is 4.90 Å². The first-order chi connectivity index (χ1) is 9.97. The summed E-state index contributed by atoms with van der Waals surface area (Å²) < 4.78 is 0. The molecule has 2 aromatic carbocycles. The Kier molecular flexibility index (Phi) is 5.51. The summed E-state index contributed by atoms with van der Waals surface area (Å²) in [6.07, 6.45) is 0. The number of para-hydroxylation sites is 1. The maximum Gasteiger partial charge on any atom is 0.0595 e. The number of hydrogen-bond acceptors (Lipinski definition) is 2. The predicted molar refractivity (Wildman–Crippen MR) is 92.3 cm³/mol. The molecule has 0 heterocycles. The molecule has 2 aromatic rings. The SMILES string of the molecule is CC(Nc1ccccc1CN(C)C)c1ccc(Cl)c(Cl)c1. The standard InChI is InChI=1S/C17H20Cl2N2/c1-12(13-8-9-15(18)16(19)10-13)20-17-7-5-4-6-14(17)11-21(2)3/h4-10,12,20H,11H2,1-3H3. The fourth-order valence-electron chi connectivity index (χ4n) is 2.24. The summed E-state index contributed by atoms with van der Waals surface area (Å²) in [6.45, 7) is 3.02. The molecule has 0 amide bonds. The highest BCUT2D eigenvalue weighted by molar-refractivity contribution is 6.42. The fraction of sp³-hybridized carbons (Fsp3) is 0.294. The molecule has 2 rings (SSSR count). The van der Waals surface area contributed by atoms with E-state index in [2.05, 4.69) is 49.4 Å². The largest absolute Gasteiger partial charge is 0.378 e. The molecule has 0 aromatic heterocycles. The first-order valence-corrected chi connectivity index (χ1v) is 7.67. The molecule has 112 valence electrons. The highest BCUT2D eigenvalue weighted by atomic mass is 35.5. The Bertz CT molecular complexity index is 611. The van der Waals surface area contributed by atoms with E-state index in [1.807, 2.05) is 24.3 Å². The lowest BCUT2D eigenvalue weighted by molar-refractivity contribution is 0.403. The van der Waals surface area contributed by atoms with Crippen molar-refractivity contribution in [3.63, 3.8) is 0 Å². The zero-order valence-electron chi connectivity index (χ0n) is 12.5. The highest BCUT2D eigenvalue weighted by Gasteiger charge is 2.10. The second-order valence-corrected chi connectivity index (χ2v) is 6.25. The number of nitrogens with zero attached hydrogens (tertiary/aromatic N) is 1. The van der Waals surface area contributed by atoms with E-state index in [-0.39, 0.29) is 6.04 Å². The van der Waals surface area contributed by atoms with E-state index in [0.29, 0.717) is 10.0 Å². The quantitative estimate of drug-likeness (QED) is 0.811. The third-order valence-corrected chi connectivity index (χ3v) is 4.06. The highest BCUT2D eigenvalue weighted by Crippen LogP contribution is 2.28. The number of anilines is 1. The minimum atomic E-state index is 0.156. The molecule has 1 atom stereocenters. The van der Waals surface area contributed by atoms with Crippen LogP contribution in [0.1, 0.15) is 24.1 Å². The van der Waals surface area contributed by atoms with Crippen molar-refractivity contribution in [2.75, 3.05) is 19.4 Å². The molecule has 0 fully saturated rings. The average Bonchev–Trinajstić information content (AvgIpc) is 2.43. The lowest BCUT2D eigenvalue weighted by Gasteiger charge is -2.20. The molecule has 2 nitrogen and oxygen atoms in total. The minimum Gasteiger partial charge on any atom is -0.378 e. The van der Waals surface area contributed by atoms with E-state index in [1.54, 1.807) is 0 Å². The van der Waals surface area contributed by atoms with Crippen molar-refractivity contribution in [2.24, 2.45) is 0 Å². The second kappa shape index (κ2) is 7.17. The van der Waals surface area contributed by atoms with Gasteiger partial charge in [0.15, 0.2) is 0 Å². The van der Waals surface area contributed by atoms with Crippen LogP contribution in [0.3, 0.4) is 0 Å². The third-order valence-electron chi connectivity index (χ3n) is 3.32. The molecule has 0 aliphatic carbocycles. The van der Waals surface area contributed by atoms with E-state index >= 15 is 0 Å². The van der Waals surface area contributed by atoms with Crippen LogP contribution in [0.4, 0.5) is 5.69 Å². The van der Waals surface area contributed by atoms with Crippen LogP contribution in [-0.4, -0.2) is 19.0 Å². The van der Waals surface area contributed by atoms with E-state index in [4.69, 9.17) is 23.2 Å². The summed E-state index contributed by atoms with van der Waals surface area (Å²) >= 11 is 12.1. The van der Waals surface area contributed by atoms with Crippen molar-refractivity contribution < 1.29 is 0 Å². The Hall–Kier alpha value is -1.22. The second-order valence-electron chi connectivity index (χ2n) is 5.43. The van der Waals surface area contributed by atoms with Crippen LogP contribution in [0.15, 0.2) is 42.5 Å². The van der Waals surface area contributed by atoms with Crippen LogP contribution in [0.5, 0.6) is 0 Å². The van der Waals surface area contributed by atoms with Crippen LogP contribution in [0.2, 0.25) is 10.0 Å². The van der Waals surface area contributed by atoms with Gasteiger partial charge in [-0.25, -0.2) is 0 Å². The number of halogens is 2. The van der Waals surface area contributed by atoms with Gasteiger partial charge in [-0.15, -0.1) is 0 Å². The predicted octanol–water partition coefficient (Wildman–Crippen LogP) is 5.23. The molecule has 0 saturated heterocycles. The van der Waals surface area contributed by atoms with Gasteiger partial charge in [0.2, 0.25) is 0 Å². The van der Waals surface area contributed by atoms with Crippen LogP contribution >= 0.6 is 23.2 Å². The maximum atomic E-state index is 6.09. The van der Waals surface area contributed by atoms with E-state index in [9.17, 15) is 0 Å². The first-order valence-electron chi connectivity index (χ1n) is 6.91. The van der Waals surface area contributed by atoms with Crippen LogP contribution in [-0.2, 0) is 6.54 Å². The Morgan fingerprint density at radius 2 is 1.76 bits per heavy atom. The molecule has 4 heteroatoms. The maximum absolute atomic E-state index is 6.09. The summed E-state index contributed by atoms with van der Waals surface area (Å²) in [6, 6.07) is 14.3. The number of nitrogens with one attached hydrogen (secondary N) is 1. The van der Waals surface area contributed by atoms with Crippen molar-refractivity contribution in [2.45, 2.75) is 19.5 Å². The van der Waals surface area contributed by atoms with Gasteiger partial charge in [0.1, 0.15) is 0 Å². The minimum absolute atomic E-state index is 0.156. The molecule has 0 bridgehead atoms. The average molecular weight is 323 g/mol. The monoisotopic (exact) mass is 322 g/mol. The van der Waals surface area contributed by atoms with Gasteiger partial charge >= 0.3 is 0 Å². The van der Waals surface area contributed by atoms with Crippen molar-refractivity contribution in [1.29, 1.82) is 0 Å². The number of rotatable bonds is 5. The molecule has 0 radical (unpaired) electrons. The van der Waals surface area contributed by atoms with Gasteiger partial charge in [-0.3, -0.25) is 0 Å². The Morgan fingerprint density at radius 3 is 2.43 bits per heavy atom. The normalized spacial score (nSPS) is 12.5. The molecule has 0 spiro atoms. The van der Waals surface area contributed by atoms with Gasteiger partial charge in [0.05, 0.1) is 10.0 Å². The molecule has 0 aliphatic heterocycles. The molecule has 0 aliphatic rings. The summed E-state index contributed by atoms with van der Waals surface area (Å²) in [5.74, 6) is 0. The lowest BCUT2D eigenvalue weighted by Crippen LogP contribution is -2.14. The third kappa shape index (κ3) is 4.37. The van der Waals surface area contributed by atoms with Gasteiger partial charge < -0.3 is 10.2 Å². The number of benzene rings is 2. The summed E-state index contributed by atoms with van der Waals surface area (Å²) in [5.41, 5.74) is 3.53. The fourth-order valence-corrected chi connectivity index (χ4v) is 2.54. The summed E-state index contributed by atoms with van der Waals surface area (Å²) in [4.78, 5) is 2.16. The van der Waals surface area contributed by atoms with Gasteiger partial charge in [-0.05, 0) is 50.3 Å². The Labute approximate surface area is 136 Å². The van der Waals surface area contributed by atoms with Crippen molar-refractivity contribution in [3.8, 4) is 0 Å². The summed E-state index contributed by atoms with van der Waals surface area (Å²) in [5, 5.41) is 4.72. The molecule has 0 saturated carbocycles. The van der Waals surface area contributed by atoms with Crippen LogP contribution in [0, 0.1) is 0 Å². The summed E-state index contributed by atoms with van der Waals surface area (Å²) in [7, 11) is 4.14. The first kappa shape index (κ1) is 16.2. The van der Waals surface area contributed by atoms with Crippen LogP contribution in [0.25, 0.3) is 0 Å². The molecule has 21 heavy (non-hydrogen) atoms. The smallest absolute Gasteiger partial charge is 0.0595 e. The Morgan fingerprint density at radius 1 is 1.05 bits per heavy atom.